The molecule has 0 spiro atoms. The highest BCUT2D eigenvalue weighted by molar-refractivity contribution is 5.89. The lowest BCUT2D eigenvalue weighted by atomic mass is 10.1. The van der Waals surface area contributed by atoms with Crippen molar-refractivity contribution in [3.05, 3.63) is 58.8 Å². The summed E-state index contributed by atoms with van der Waals surface area (Å²) in [5.74, 6) is 0.623. The summed E-state index contributed by atoms with van der Waals surface area (Å²) in [5, 5.41) is 0. The van der Waals surface area contributed by atoms with Crippen molar-refractivity contribution in [2.24, 2.45) is 0 Å². The average Bonchev–Trinajstić information content (AvgIpc) is 2.63. The van der Waals surface area contributed by atoms with E-state index in [-0.39, 0.29) is 12.6 Å². The van der Waals surface area contributed by atoms with Gasteiger partial charge in [-0.05, 0) is 43.2 Å². The fourth-order valence-electron chi connectivity index (χ4n) is 2.58. The highest BCUT2D eigenvalue weighted by Gasteiger charge is 2.13. The third kappa shape index (κ3) is 3.92. The van der Waals surface area contributed by atoms with Gasteiger partial charge in [-0.25, -0.2) is 9.78 Å². The van der Waals surface area contributed by atoms with Crippen LogP contribution in [-0.2, 0) is 16.1 Å². The smallest absolute Gasteiger partial charge is 0.338 e. The van der Waals surface area contributed by atoms with Gasteiger partial charge >= 0.3 is 5.97 Å². The van der Waals surface area contributed by atoms with E-state index < -0.39 is 0 Å². The first-order valence-corrected chi connectivity index (χ1v) is 8.15. The van der Waals surface area contributed by atoms with Crippen LogP contribution in [0.4, 0.5) is 5.82 Å². The number of pyridine rings is 1. The summed E-state index contributed by atoms with van der Waals surface area (Å²) >= 11 is 0. The molecule has 0 bridgehead atoms. The molecule has 0 unspecified atom stereocenters. The highest BCUT2D eigenvalue weighted by Crippen LogP contribution is 2.15. The molecule has 0 amide bonds. The van der Waals surface area contributed by atoms with Crippen LogP contribution >= 0.6 is 0 Å². The molecular weight excluding hydrogens is 304 g/mol. The standard InChI is InChI=1S/C19H22N2O3/c1-14-3-5-17(11-15(14)2)19(22)24-13-16-4-6-18(20-12-16)21-7-9-23-10-8-21/h3-6,11-12H,7-10,13H2,1-2H3. The van der Waals surface area contributed by atoms with Gasteiger partial charge in [-0.3, -0.25) is 0 Å². The zero-order valence-electron chi connectivity index (χ0n) is 14.1. The Labute approximate surface area is 142 Å². The van der Waals surface area contributed by atoms with Crippen molar-refractivity contribution in [3.63, 3.8) is 0 Å². The number of carbonyl (C=O) groups is 1. The SMILES string of the molecule is Cc1ccc(C(=O)OCc2ccc(N3CCOCC3)nc2)cc1C. The molecule has 24 heavy (non-hydrogen) atoms. The number of ether oxygens (including phenoxy) is 2. The zero-order chi connectivity index (χ0) is 16.9. The van der Waals surface area contributed by atoms with Crippen LogP contribution in [0, 0.1) is 13.8 Å². The molecule has 0 atom stereocenters. The van der Waals surface area contributed by atoms with E-state index in [1.165, 1.54) is 0 Å². The number of morpholine rings is 1. The van der Waals surface area contributed by atoms with E-state index in [0.29, 0.717) is 5.56 Å². The second-order valence-electron chi connectivity index (χ2n) is 6.00. The van der Waals surface area contributed by atoms with Crippen LogP contribution in [0.2, 0.25) is 0 Å². The van der Waals surface area contributed by atoms with Gasteiger partial charge in [-0.15, -0.1) is 0 Å². The zero-order valence-corrected chi connectivity index (χ0v) is 14.1. The number of hydrogen-bond acceptors (Lipinski definition) is 5. The summed E-state index contributed by atoms with van der Waals surface area (Å²) in [5.41, 5.74) is 3.70. The molecule has 5 heteroatoms. The van der Waals surface area contributed by atoms with Gasteiger partial charge in [0.15, 0.2) is 0 Å². The number of esters is 1. The Hall–Kier alpha value is -2.40. The second kappa shape index (κ2) is 7.45. The number of rotatable bonds is 4. The third-order valence-electron chi connectivity index (χ3n) is 4.26. The normalized spacial score (nSPS) is 14.5. The van der Waals surface area contributed by atoms with Crippen molar-refractivity contribution >= 4 is 11.8 Å². The number of benzene rings is 1. The molecule has 0 radical (unpaired) electrons. The number of aromatic nitrogens is 1. The predicted octanol–water partition coefficient (Wildman–Crippen LogP) is 2.89. The molecule has 126 valence electrons. The highest BCUT2D eigenvalue weighted by atomic mass is 16.5. The molecule has 3 rings (SSSR count). The summed E-state index contributed by atoms with van der Waals surface area (Å²) < 4.78 is 10.7. The van der Waals surface area contributed by atoms with E-state index in [4.69, 9.17) is 9.47 Å². The van der Waals surface area contributed by atoms with Gasteiger partial charge in [-0.2, -0.15) is 0 Å². The maximum Gasteiger partial charge on any atom is 0.338 e. The van der Waals surface area contributed by atoms with E-state index in [2.05, 4.69) is 9.88 Å². The second-order valence-corrected chi connectivity index (χ2v) is 6.00. The van der Waals surface area contributed by atoms with Gasteiger partial charge < -0.3 is 14.4 Å². The van der Waals surface area contributed by atoms with Crippen molar-refractivity contribution in [2.75, 3.05) is 31.2 Å². The fourth-order valence-corrected chi connectivity index (χ4v) is 2.58. The molecule has 2 aromatic rings. The lowest BCUT2D eigenvalue weighted by Crippen LogP contribution is -2.36. The maximum atomic E-state index is 12.1. The molecule has 0 aliphatic carbocycles. The van der Waals surface area contributed by atoms with Crippen molar-refractivity contribution in [2.45, 2.75) is 20.5 Å². The van der Waals surface area contributed by atoms with Crippen molar-refractivity contribution in [1.82, 2.24) is 4.98 Å². The minimum Gasteiger partial charge on any atom is -0.457 e. The summed E-state index contributed by atoms with van der Waals surface area (Å²) in [7, 11) is 0. The number of carbonyl (C=O) groups excluding carboxylic acids is 1. The fraction of sp³-hybridized carbons (Fsp3) is 0.368. The molecule has 5 nitrogen and oxygen atoms in total. The van der Waals surface area contributed by atoms with Crippen LogP contribution in [0.3, 0.4) is 0 Å². The Morgan fingerprint density at radius 2 is 1.96 bits per heavy atom. The molecule has 2 heterocycles. The minimum atomic E-state index is -0.310. The average molecular weight is 326 g/mol. The quantitative estimate of drug-likeness (QED) is 0.809. The van der Waals surface area contributed by atoms with Crippen molar-refractivity contribution < 1.29 is 14.3 Å². The van der Waals surface area contributed by atoms with Crippen LogP contribution in [0.15, 0.2) is 36.5 Å². The topological polar surface area (TPSA) is 51.7 Å². The van der Waals surface area contributed by atoms with E-state index in [1.54, 1.807) is 12.3 Å². The maximum absolute atomic E-state index is 12.1. The number of aryl methyl sites for hydroxylation is 2. The van der Waals surface area contributed by atoms with Gasteiger partial charge in [0.25, 0.3) is 0 Å². The summed E-state index contributed by atoms with van der Waals surface area (Å²) in [6.07, 6.45) is 1.76. The van der Waals surface area contributed by atoms with E-state index in [0.717, 1.165) is 48.8 Å². The van der Waals surface area contributed by atoms with Gasteiger partial charge in [0.2, 0.25) is 0 Å². The van der Waals surface area contributed by atoms with Crippen LogP contribution in [0.5, 0.6) is 0 Å². The van der Waals surface area contributed by atoms with Gasteiger partial charge in [0.1, 0.15) is 12.4 Å². The number of anilines is 1. The Morgan fingerprint density at radius 1 is 1.17 bits per heavy atom. The number of hydrogen-bond donors (Lipinski definition) is 0. The Kier molecular flexibility index (Phi) is 5.11. The van der Waals surface area contributed by atoms with Gasteiger partial charge in [-0.1, -0.05) is 12.1 Å². The molecule has 1 aromatic heterocycles. The van der Waals surface area contributed by atoms with Crippen molar-refractivity contribution in [1.29, 1.82) is 0 Å². The first-order valence-electron chi connectivity index (χ1n) is 8.15. The molecule has 0 N–H and O–H groups in total. The van der Waals surface area contributed by atoms with Crippen LogP contribution in [-0.4, -0.2) is 37.3 Å². The largest absolute Gasteiger partial charge is 0.457 e. The molecule has 1 aliphatic rings. The summed E-state index contributed by atoms with van der Waals surface area (Å²) in [6, 6.07) is 9.50. The Balaban J connectivity index is 1.57. The molecular formula is C19H22N2O3. The Bertz CT molecular complexity index is 707. The first kappa shape index (κ1) is 16.5. The van der Waals surface area contributed by atoms with Crippen LogP contribution in [0.1, 0.15) is 27.0 Å². The molecule has 1 saturated heterocycles. The summed E-state index contributed by atoms with van der Waals surface area (Å²) in [4.78, 5) is 18.8. The van der Waals surface area contributed by atoms with Crippen molar-refractivity contribution in [3.8, 4) is 0 Å². The van der Waals surface area contributed by atoms with E-state index in [9.17, 15) is 4.79 Å². The minimum absolute atomic E-state index is 0.224. The van der Waals surface area contributed by atoms with E-state index in [1.807, 2.05) is 38.1 Å². The Morgan fingerprint density at radius 3 is 2.62 bits per heavy atom. The molecule has 0 saturated carbocycles. The van der Waals surface area contributed by atoms with Gasteiger partial charge in [0.05, 0.1) is 18.8 Å². The third-order valence-corrected chi connectivity index (χ3v) is 4.26. The molecule has 1 aliphatic heterocycles. The summed E-state index contributed by atoms with van der Waals surface area (Å²) in [6.45, 7) is 7.41. The lowest BCUT2D eigenvalue weighted by molar-refractivity contribution is 0.0472. The molecule has 1 fully saturated rings. The van der Waals surface area contributed by atoms with Crippen LogP contribution < -0.4 is 4.90 Å². The lowest BCUT2D eigenvalue weighted by Gasteiger charge is -2.27. The molecule has 1 aromatic carbocycles. The predicted molar refractivity (Wildman–Crippen MR) is 92.3 cm³/mol. The number of nitrogens with zero attached hydrogens (tertiary/aromatic N) is 2. The van der Waals surface area contributed by atoms with E-state index >= 15 is 0 Å². The monoisotopic (exact) mass is 326 g/mol. The van der Waals surface area contributed by atoms with Gasteiger partial charge in [0, 0.05) is 24.8 Å². The first-order chi connectivity index (χ1) is 11.6. The van der Waals surface area contributed by atoms with Crippen LogP contribution in [0.25, 0.3) is 0 Å².